The summed E-state index contributed by atoms with van der Waals surface area (Å²) >= 11 is 0. The van der Waals surface area contributed by atoms with Gasteiger partial charge in [-0.25, -0.2) is 0 Å². The second-order valence-electron chi connectivity index (χ2n) is 6.50. The molecule has 1 aromatic rings. The standard InChI is InChI=1S/C18H28N2O/c1-15-13-17(20-11-4-9-19-10-12-20)7-8-18(15)21-14-16-5-2-3-6-16/h7-8,13,16,19H,2-6,9-12,14H2,1H3. The number of nitrogens with one attached hydrogen (secondary N) is 1. The van der Waals surface area contributed by atoms with Gasteiger partial charge >= 0.3 is 0 Å². The van der Waals surface area contributed by atoms with Crippen LogP contribution in [-0.2, 0) is 0 Å². The van der Waals surface area contributed by atoms with Gasteiger partial charge in [0, 0.05) is 25.3 Å². The highest BCUT2D eigenvalue weighted by molar-refractivity contribution is 5.53. The minimum atomic E-state index is 0.778. The molecule has 0 amide bonds. The normalized spacial score (nSPS) is 20.5. The number of rotatable bonds is 4. The summed E-state index contributed by atoms with van der Waals surface area (Å²) in [5, 5.41) is 3.46. The lowest BCUT2D eigenvalue weighted by Crippen LogP contribution is -2.27. The van der Waals surface area contributed by atoms with E-state index in [1.54, 1.807) is 0 Å². The average molecular weight is 288 g/mol. The molecular formula is C18H28N2O. The second kappa shape index (κ2) is 7.17. The Labute approximate surface area is 128 Å². The molecule has 0 radical (unpaired) electrons. The summed E-state index contributed by atoms with van der Waals surface area (Å²) in [5.74, 6) is 1.85. The van der Waals surface area contributed by atoms with Crippen LogP contribution in [0.4, 0.5) is 5.69 Å². The predicted molar refractivity (Wildman–Crippen MR) is 88.3 cm³/mol. The molecule has 1 N–H and O–H groups in total. The summed E-state index contributed by atoms with van der Waals surface area (Å²) in [6, 6.07) is 6.68. The first kappa shape index (κ1) is 14.7. The van der Waals surface area contributed by atoms with Crippen LogP contribution in [0, 0.1) is 12.8 Å². The molecular weight excluding hydrogens is 260 g/mol. The fourth-order valence-corrected chi connectivity index (χ4v) is 3.48. The van der Waals surface area contributed by atoms with Crippen molar-refractivity contribution in [3.05, 3.63) is 23.8 Å². The molecule has 3 nitrogen and oxygen atoms in total. The summed E-state index contributed by atoms with van der Waals surface area (Å²) in [6.45, 7) is 7.53. The Morgan fingerprint density at radius 2 is 2.00 bits per heavy atom. The first-order chi connectivity index (χ1) is 10.3. The van der Waals surface area contributed by atoms with Crippen molar-refractivity contribution in [2.45, 2.75) is 39.0 Å². The predicted octanol–water partition coefficient (Wildman–Crippen LogP) is 3.36. The van der Waals surface area contributed by atoms with E-state index in [2.05, 4.69) is 35.3 Å². The maximum absolute atomic E-state index is 6.06. The number of anilines is 1. The fourth-order valence-electron chi connectivity index (χ4n) is 3.48. The van der Waals surface area contributed by atoms with E-state index in [-0.39, 0.29) is 0 Å². The van der Waals surface area contributed by atoms with Crippen molar-refractivity contribution >= 4 is 5.69 Å². The van der Waals surface area contributed by atoms with E-state index in [1.165, 1.54) is 43.4 Å². The molecule has 1 saturated heterocycles. The smallest absolute Gasteiger partial charge is 0.122 e. The monoisotopic (exact) mass is 288 g/mol. The lowest BCUT2D eigenvalue weighted by molar-refractivity contribution is 0.251. The van der Waals surface area contributed by atoms with E-state index in [0.29, 0.717) is 0 Å². The van der Waals surface area contributed by atoms with Gasteiger partial charge in [-0.1, -0.05) is 12.8 Å². The number of nitrogens with zero attached hydrogens (tertiary/aromatic N) is 1. The van der Waals surface area contributed by atoms with Crippen LogP contribution in [0.3, 0.4) is 0 Å². The lowest BCUT2D eigenvalue weighted by atomic mass is 10.1. The molecule has 0 aromatic heterocycles. The molecule has 0 spiro atoms. The molecule has 3 rings (SSSR count). The Morgan fingerprint density at radius 1 is 1.14 bits per heavy atom. The third-order valence-corrected chi connectivity index (χ3v) is 4.81. The Kier molecular flexibility index (Phi) is 5.02. The third-order valence-electron chi connectivity index (χ3n) is 4.81. The number of hydrogen-bond donors (Lipinski definition) is 1. The molecule has 1 aromatic carbocycles. The maximum Gasteiger partial charge on any atom is 0.122 e. The van der Waals surface area contributed by atoms with Crippen LogP contribution in [0.5, 0.6) is 5.75 Å². The van der Waals surface area contributed by atoms with Crippen molar-refractivity contribution in [1.82, 2.24) is 5.32 Å². The van der Waals surface area contributed by atoms with Crippen LogP contribution in [0.25, 0.3) is 0 Å². The van der Waals surface area contributed by atoms with Crippen molar-refractivity contribution in [2.24, 2.45) is 5.92 Å². The van der Waals surface area contributed by atoms with Gasteiger partial charge in [0.2, 0.25) is 0 Å². The first-order valence-corrected chi connectivity index (χ1v) is 8.52. The zero-order valence-corrected chi connectivity index (χ0v) is 13.2. The summed E-state index contributed by atoms with van der Waals surface area (Å²) in [4.78, 5) is 2.48. The molecule has 3 heteroatoms. The van der Waals surface area contributed by atoms with Gasteiger partial charge in [-0.15, -0.1) is 0 Å². The quantitative estimate of drug-likeness (QED) is 0.919. The Hall–Kier alpha value is -1.22. The molecule has 0 atom stereocenters. The SMILES string of the molecule is Cc1cc(N2CCCNCC2)ccc1OCC1CCCC1. The van der Waals surface area contributed by atoms with Gasteiger partial charge in [-0.05, 0) is 62.4 Å². The van der Waals surface area contributed by atoms with Gasteiger partial charge < -0.3 is 15.0 Å². The summed E-state index contributed by atoms with van der Waals surface area (Å²) < 4.78 is 6.06. The second-order valence-corrected chi connectivity index (χ2v) is 6.50. The largest absolute Gasteiger partial charge is 0.493 e. The van der Waals surface area contributed by atoms with Crippen molar-refractivity contribution < 1.29 is 4.74 Å². The van der Waals surface area contributed by atoms with E-state index in [0.717, 1.165) is 44.5 Å². The van der Waals surface area contributed by atoms with Crippen LogP contribution in [-0.4, -0.2) is 32.8 Å². The van der Waals surface area contributed by atoms with Crippen LogP contribution < -0.4 is 15.0 Å². The summed E-state index contributed by atoms with van der Waals surface area (Å²) in [6.07, 6.45) is 6.68. The molecule has 0 bridgehead atoms. The average Bonchev–Trinajstić information content (AvgIpc) is 2.86. The molecule has 2 fully saturated rings. The van der Waals surface area contributed by atoms with E-state index in [4.69, 9.17) is 4.74 Å². The zero-order chi connectivity index (χ0) is 14.5. The van der Waals surface area contributed by atoms with Crippen LogP contribution >= 0.6 is 0 Å². The highest BCUT2D eigenvalue weighted by Gasteiger charge is 2.16. The van der Waals surface area contributed by atoms with Crippen molar-refractivity contribution in [3.63, 3.8) is 0 Å². The maximum atomic E-state index is 6.06. The summed E-state index contributed by atoms with van der Waals surface area (Å²) in [5.41, 5.74) is 2.60. The Balaban J connectivity index is 1.61. The third kappa shape index (κ3) is 3.91. The number of aryl methyl sites for hydroxylation is 1. The number of ether oxygens (including phenoxy) is 1. The summed E-state index contributed by atoms with van der Waals surface area (Å²) in [7, 11) is 0. The van der Waals surface area contributed by atoms with Crippen LogP contribution in [0.15, 0.2) is 18.2 Å². The zero-order valence-electron chi connectivity index (χ0n) is 13.2. The number of benzene rings is 1. The van der Waals surface area contributed by atoms with Gasteiger partial charge in [-0.2, -0.15) is 0 Å². The van der Waals surface area contributed by atoms with Gasteiger partial charge in [0.05, 0.1) is 6.61 Å². The topological polar surface area (TPSA) is 24.5 Å². The minimum absolute atomic E-state index is 0.778. The van der Waals surface area contributed by atoms with Crippen molar-refractivity contribution in [2.75, 3.05) is 37.7 Å². The number of hydrogen-bond acceptors (Lipinski definition) is 3. The van der Waals surface area contributed by atoms with Gasteiger partial charge in [0.15, 0.2) is 0 Å². The minimum Gasteiger partial charge on any atom is -0.493 e. The molecule has 1 aliphatic heterocycles. The lowest BCUT2D eigenvalue weighted by Gasteiger charge is -2.23. The molecule has 0 unspecified atom stereocenters. The molecule has 1 heterocycles. The van der Waals surface area contributed by atoms with Crippen LogP contribution in [0.1, 0.15) is 37.7 Å². The Bertz CT molecular complexity index is 447. The fraction of sp³-hybridized carbons (Fsp3) is 0.667. The highest BCUT2D eigenvalue weighted by atomic mass is 16.5. The van der Waals surface area contributed by atoms with Crippen molar-refractivity contribution in [3.8, 4) is 5.75 Å². The Morgan fingerprint density at radius 3 is 2.81 bits per heavy atom. The van der Waals surface area contributed by atoms with Crippen molar-refractivity contribution in [1.29, 1.82) is 0 Å². The molecule has 1 saturated carbocycles. The van der Waals surface area contributed by atoms with E-state index < -0.39 is 0 Å². The highest BCUT2D eigenvalue weighted by Crippen LogP contribution is 2.28. The molecule has 2 aliphatic rings. The van der Waals surface area contributed by atoms with E-state index in [9.17, 15) is 0 Å². The molecule has 1 aliphatic carbocycles. The molecule has 21 heavy (non-hydrogen) atoms. The van der Waals surface area contributed by atoms with Gasteiger partial charge in [-0.3, -0.25) is 0 Å². The van der Waals surface area contributed by atoms with E-state index in [1.807, 2.05) is 0 Å². The van der Waals surface area contributed by atoms with Crippen LogP contribution in [0.2, 0.25) is 0 Å². The first-order valence-electron chi connectivity index (χ1n) is 8.52. The molecule has 116 valence electrons. The van der Waals surface area contributed by atoms with E-state index >= 15 is 0 Å². The van der Waals surface area contributed by atoms with Gasteiger partial charge in [0.1, 0.15) is 5.75 Å². The van der Waals surface area contributed by atoms with Gasteiger partial charge in [0.25, 0.3) is 0 Å².